The van der Waals surface area contributed by atoms with Crippen LogP contribution in [0.4, 0.5) is 5.95 Å². The van der Waals surface area contributed by atoms with Crippen molar-refractivity contribution in [2.75, 3.05) is 50.9 Å². The van der Waals surface area contributed by atoms with Crippen molar-refractivity contribution in [2.24, 2.45) is 0 Å². The number of likely N-dealkylation sites (tertiary alicyclic amines) is 1. The van der Waals surface area contributed by atoms with Crippen LogP contribution in [0.3, 0.4) is 0 Å². The van der Waals surface area contributed by atoms with Crippen LogP contribution >= 0.6 is 0 Å². The van der Waals surface area contributed by atoms with Crippen molar-refractivity contribution < 1.29 is 9.47 Å². The van der Waals surface area contributed by atoms with Crippen molar-refractivity contribution in [3.05, 3.63) is 52.8 Å². The standard InChI is InChI=1S/C22H28N4O2/c1-17-19-14-28-16-22(7-8-25(15-22)13-18-5-3-2-4-6-18)20(19)24-21(23-17)26-9-11-27-12-10-26/h2-6H,7-16H2,1H3/t22-/m1/s1. The molecular formula is C22H28N4O2. The summed E-state index contributed by atoms with van der Waals surface area (Å²) in [5, 5.41) is 0. The van der Waals surface area contributed by atoms with Crippen molar-refractivity contribution in [1.82, 2.24) is 14.9 Å². The highest BCUT2D eigenvalue weighted by Gasteiger charge is 2.45. The summed E-state index contributed by atoms with van der Waals surface area (Å²) in [5.74, 6) is 0.863. The minimum absolute atomic E-state index is 0.0168. The van der Waals surface area contributed by atoms with Crippen LogP contribution in [0.5, 0.6) is 0 Å². The molecule has 0 radical (unpaired) electrons. The highest BCUT2D eigenvalue weighted by Crippen LogP contribution is 2.40. The molecule has 0 bridgehead atoms. The van der Waals surface area contributed by atoms with Crippen LogP contribution in [0.15, 0.2) is 30.3 Å². The van der Waals surface area contributed by atoms with Crippen LogP contribution in [-0.2, 0) is 28.0 Å². The van der Waals surface area contributed by atoms with Crippen molar-refractivity contribution >= 4 is 5.95 Å². The Morgan fingerprint density at radius 2 is 1.86 bits per heavy atom. The highest BCUT2D eigenvalue weighted by molar-refractivity contribution is 5.42. The van der Waals surface area contributed by atoms with E-state index >= 15 is 0 Å². The molecule has 6 nitrogen and oxygen atoms in total. The topological polar surface area (TPSA) is 50.7 Å². The lowest BCUT2D eigenvalue weighted by molar-refractivity contribution is 0.0497. The van der Waals surface area contributed by atoms with Gasteiger partial charge in [0, 0.05) is 37.4 Å². The number of aryl methyl sites for hydroxylation is 1. The maximum atomic E-state index is 6.06. The van der Waals surface area contributed by atoms with Crippen LogP contribution in [0.1, 0.15) is 28.9 Å². The second-order valence-electron chi connectivity index (χ2n) is 8.25. The van der Waals surface area contributed by atoms with E-state index in [0.29, 0.717) is 6.61 Å². The first-order valence-corrected chi connectivity index (χ1v) is 10.3. The molecule has 28 heavy (non-hydrogen) atoms. The third kappa shape index (κ3) is 3.30. The van der Waals surface area contributed by atoms with Gasteiger partial charge in [-0.2, -0.15) is 0 Å². The summed E-state index contributed by atoms with van der Waals surface area (Å²) >= 11 is 0. The van der Waals surface area contributed by atoms with E-state index in [2.05, 4.69) is 47.1 Å². The first-order valence-electron chi connectivity index (χ1n) is 10.3. The minimum Gasteiger partial charge on any atom is -0.378 e. The summed E-state index contributed by atoms with van der Waals surface area (Å²) in [6.45, 7) is 9.76. The molecule has 2 fully saturated rings. The number of anilines is 1. The molecule has 0 amide bonds. The number of morpholine rings is 1. The smallest absolute Gasteiger partial charge is 0.225 e. The lowest BCUT2D eigenvalue weighted by atomic mass is 9.80. The van der Waals surface area contributed by atoms with Gasteiger partial charge in [0.2, 0.25) is 5.95 Å². The monoisotopic (exact) mass is 380 g/mol. The molecule has 2 aromatic rings. The van der Waals surface area contributed by atoms with Gasteiger partial charge in [-0.05, 0) is 25.5 Å². The number of nitrogens with zero attached hydrogens (tertiary/aromatic N) is 4. The number of fused-ring (bicyclic) bond motifs is 2. The van der Waals surface area contributed by atoms with E-state index in [1.807, 2.05) is 0 Å². The Labute approximate surface area is 166 Å². The normalized spacial score (nSPS) is 25.2. The molecule has 2 saturated heterocycles. The zero-order chi connectivity index (χ0) is 19.0. The number of ether oxygens (including phenoxy) is 2. The van der Waals surface area contributed by atoms with Crippen LogP contribution < -0.4 is 4.90 Å². The van der Waals surface area contributed by atoms with E-state index in [9.17, 15) is 0 Å². The molecule has 0 N–H and O–H groups in total. The molecule has 5 rings (SSSR count). The average Bonchev–Trinajstić information content (AvgIpc) is 3.13. The fourth-order valence-corrected chi connectivity index (χ4v) is 4.76. The van der Waals surface area contributed by atoms with Crippen LogP contribution in [0, 0.1) is 6.92 Å². The molecule has 0 unspecified atom stereocenters. The maximum absolute atomic E-state index is 6.06. The highest BCUT2D eigenvalue weighted by atomic mass is 16.5. The maximum Gasteiger partial charge on any atom is 0.225 e. The van der Waals surface area contributed by atoms with Crippen LogP contribution in [0.2, 0.25) is 0 Å². The Bertz CT molecular complexity index is 838. The number of aromatic nitrogens is 2. The number of benzene rings is 1. The minimum atomic E-state index is -0.0168. The first-order chi connectivity index (χ1) is 13.7. The first kappa shape index (κ1) is 18.0. The van der Waals surface area contributed by atoms with E-state index < -0.39 is 0 Å². The van der Waals surface area contributed by atoms with Crippen LogP contribution in [-0.4, -0.2) is 60.9 Å². The third-order valence-electron chi connectivity index (χ3n) is 6.30. The lowest BCUT2D eigenvalue weighted by Crippen LogP contribution is -2.42. The molecule has 6 heteroatoms. The zero-order valence-corrected chi connectivity index (χ0v) is 16.6. The number of rotatable bonds is 3. The molecule has 148 valence electrons. The summed E-state index contributed by atoms with van der Waals surface area (Å²) < 4.78 is 11.6. The largest absolute Gasteiger partial charge is 0.378 e. The van der Waals surface area contributed by atoms with E-state index in [1.54, 1.807) is 0 Å². The molecule has 1 aromatic heterocycles. The summed E-state index contributed by atoms with van der Waals surface area (Å²) in [5.41, 5.74) is 4.83. The molecule has 0 saturated carbocycles. The van der Waals surface area contributed by atoms with Crippen LogP contribution in [0.25, 0.3) is 0 Å². The fraction of sp³-hybridized carbons (Fsp3) is 0.545. The van der Waals surface area contributed by atoms with Crippen molar-refractivity contribution in [1.29, 1.82) is 0 Å². The molecule has 1 atom stereocenters. The molecule has 3 aliphatic rings. The van der Waals surface area contributed by atoms with Gasteiger partial charge in [-0.15, -0.1) is 0 Å². The predicted octanol–water partition coefficient (Wildman–Crippen LogP) is 2.30. The average molecular weight is 380 g/mol. The third-order valence-corrected chi connectivity index (χ3v) is 6.30. The van der Waals surface area contributed by atoms with Gasteiger partial charge in [0.15, 0.2) is 0 Å². The van der Waals surface area contributed by atoms with Crippen molar-refractivity contribution in [3.63, 3.8) is 0 Å². The Morgan fingerprint density at radius 3 is 2.68 bits per heavy atom. The number of hydrogen-bond donors (Lipinski definition) is 0. The second kappa shape index (κ2) is 7.43. The summed E-state index contributed by atoms with van der Waals surface area (Å²) in [6.07, 6.45) is 1.09. The molecular weight excluding hydrogens is 352 g/mol. The number of hydrogen-bond acceptors (Lipinski definition) is 6. The summed E-state index contributed by atoms with van der Waals surface area (Å²) in [7, 11) is 0. The van der Waals surface area contributed by atoms with Gasteiger partial charge in [0.25, 0.3) is 0 Å². The Hall–Kier alpha value is -2.02. The van der Waals surface area contributed by atoms with Crippen molar-refractivity contribution in [2.45, 2.75) is 31.9 Å². The predicted molar refractivity (Wildman–Crippen MR) is 107 cm³/mol. The molecule has 1 spiro atoms. The van der Waals surface area contributed by atoms with E-state index in [4.69, 9.17) is 19.4 Å². The Kier molecular flexibility index (Phi) is 4.78. The van der Waals surface area contributed by atoms with Gasteiger partial charge in [-0.1, -0.05) is 30.3 Å². The summed E-state index contributed by atoms with van der Waals surface area (Å²) in [6, 6.07) is 10.7. The van der Waals surface area contributed by atoms with E-state index in [0.717, 1.165) is 70.6 Å². The Balaban J connectivity index is 1.44. The fourth-order valence-electron chi connectivity index (χ4n) is 4.76. The van der Waals surface area contributed by atoms with Crippen molar-refractivity contribution in [3.8, 4) is 0 Å². The van der Waals surface area contributed by atoms with Gasteiger partial charge in [-0.25, -0.2) is 9.97 Å². The Morgan fingerprint density at radius 1 is 1.04 bits per heavy atom. The summed E-state index contributed by atoms with van der Waals surface area (Å²) in [4.78, 5) is 14.7. The van der Waals surface area contributed by atoms with Gasteiger partial charge in [-0.3, -0.25) is 4.90 Å². The molecule has 3 aliphatic heterocycles. The van der Waals surface area contributed by atoms with Gasteiger partial charge >= 0.3 is 0 Å². The molecule has 0 aliphatic carbocycles. The van der Waals surface area contributed by atoms with Gasteiger partial charge in [0.05, 0.1) is 37.5 Å². The molecule has 4 heterocycles. The lowest BCUT2D eigenvalue weighted by Gasteiger charge is -2.36. The SMILES string of the molecule is Cc1nc(N2CCOCC2)nc2c1COC[C@]21CCN(Cc2ccccc2)C1. The second-order valence-corrected chi connectivity index (χ2v) is 8.25. The van der Waals surface area contributed by atoms with Gasteiger partial charge in [0.1, 0.15) is 0 Å². The van der Waals surface area contributed by atoms with E-state index in [1.165, 1.54) is 16.8 Å². The van der Waals surface area contributed by atoms with Gasteiger partial charge < -0.3 is 14.4 Å². The quantitative estimate of drug-likeness (QED) is 0.814. The zero-order valence-electron chi connectivity index (χ0n) is 16.6. The molecule has 1 aromatic carbocycles. The van der Waals surface area contributed by atoms with E-state index in [-0.39, 0.29) is 5.41 Å².